The van der Waals surface area contributed by atoms with Gasteiger partial charge in [-0.1, -0.05) is 15.9 Å². The minimum absolute atomic E-state index is 0.0562. The van der Waals surface area contributed by atoms with Gasteiger partial charge >= 0.3 is 0 Å². The normalized spacial score (nSPS) is 11.3. The predicted octanol–water partition coefficient (Wildman–Crippen LogP) is 2.69. The van der Waals surface area contributed by atoms with Gasteiger partial charge in [0.1, 0.15) is 5.75 Å². The van der Waals surface area contributed by atoms with Crippen LogP contribution in [0.25, 0.3) is 0 Å². The van der Waals surface area contributed by atoms with Crippen LogP contribution in [0.4, 0.5) is 0 Å². The third kappa shape index (κ3) is 3.06. The summed E-state index contributed by atoms with van der Waals surface area (Å²) in [6, 6.07) is 5.32. The Kier molecular flexibility index (Phi) is 4.10. The fraction of sp³-hybridized carbons (Fsp3) is 0.417. The lowest BCUT2D eigenvalue weighted by Crippen LogP contribution is -2.36. The fourth-order valence-corrected chi connectivity index (χ4v) is 1.53. The van der Waals surface area contributed by atoms with E-state index in [1.165, 1.54) is 6.92 Å². The Morgan fingerprint density at radius 1 is 1.50 bits per heavy atom. The second-order valence-electron chi connectivity index (χ2n) is 4.08. The van der Waals surface area contributed by atoms with Crippen LogP contribution in [0.1, 0.15) is 26.3 Å². The van der Waals surface area contributed by atoms with Crippen molar-refractivity contribution in [1.82, 2.24) is 0 Å². The van der Waals surface area contributed by atoms with Crippen LogP contribution in [0.2, 0.25) is 0 Å². The van der Waals surface area contributed by atoms with E-state index in [0.717, 1.165) is 4.47 Å². The molecule has 0 unspecified atom stereocenters. The van der Waals surface area contributed by atoms with Crippen molar-refractivity contribution in [2.75, 3.05) is 0 Å². The molecule has 1 aromatic rings. The third-order valence-corrected chi connectivity index (χ3v) is 2.90. The summed E-state index contributed by atoms with van der Waals surface area (Å²) in [7, 11) is 0. The van der Waals surface area contributed by atoms with E-state index in [0.29, 0.717) is 11.3 Å². The number of halogens is 1. The number of hydrogen-bond donors (Lipinski definition) is 1. The molecule has 16 heavy (non-hydrogen) atoms. The standard InChI is InChI=1S/C12H15BrO3/c1-8(15)12(2,3)16-11-5-4-10(13)6-9(11)7-14/h4-6,14H,7H2,1-3H3. The van der Waals surface area contributed by atoms with Gasteiger partial charge in [0.2, 0.25) is 0 Å². The van der Waals surface area contributed by atoms with E-state index >= 15 is 0 Å². The molecule has 0 aliphatic rings. The van der Waals surface area contributed by atoms with Crippen molar-refractivity contribution in [3.05, 3.63) is 28.2 Å². The van der Waals surface area contributed by atoms with Crippen LogP contribution >= 0.6 is 15.9 Å². The Morgan fingerprint density at radius 3 is 2.62 bits per heavy atom. The van der Waals surface area contributed by atoms with Crippen LogP contribution in [0.15, 0.2) is 22.7 Å². The zero-order valence-corrected chi connectivity index (χ0v) is 11.2. The van der Waals surface area contributed by atoms with Gasteiger partial charge in [-0.25, -0.2) is 0 Å². The van der Waals surface area contributed by atoms with E-state index in [1.54, 1.807) is 26.0 Å². The Hall–Kier alpha value is -0.870. The molecule has 0 aliphatic heterocycles. The van der Waals surface area contributed by atoms with Gasteiger partial charge < -0.3 is 9.84 Å². The number of carbonyl (C=O) groups excluding carboxylic acids is 1. The Bertz CT molecular complexity index is 399. The van der Waals surface area contributed by atoms with Crippen LogP contribution in [0.3, 0.4) is 0 Å². The van der Waals surface area contributed by atoms with Crippen molar-refractivity contribution in [2.45, 2.75) is 33.0 Å². The summed E-state index contributed by atoms with van der Waals surface area (Å²) in [5.41, 5.74) is -0.221. The first-order chi connectivity index (χ1) is 7.36. The largest absolute Gasteiger partial charge is 0.480 e. The number of Topliss-reactive ketones (excluding diaryl/α,β-unsaturated/α-hetero) is 1. The van der Waals surface area contributed by atoms with E-state index in [9.17, 15) is 9.90 Å². The number of aliphatic hydroxyl groups excluding tert-OH is 1. The number of rotatable bonds is 4. The van der Waals surface area contributed by atoms with Crippen molar-refractivity contribution in [3.8, 4) is 5.75 Å². The molecule has 0 bridgehead atoms. The number of benzene rings is 1. The fourth-order valence-electron chi connectivity index (χ4n) is 1.12. The molecule has 3 nitrogen and oxygen atoms in total. The van der Waals surface area contributed by atoms with Gasteiger partial charge in [-0.15, -0.1) is 0 Å². The quantitative estimate of drug-likeness (QED) is 0.926. The summed E-state index contributed by atoms with van der Waals surface area (Å²) in [5, 5.41) is 9.19. The monoisotopic (exact) mass is 286 g/mol. The van der Waals surface area contributed by atoms with Gasteiger partial charge in [0.25, 0.3) is 0 Å². The smallest absolute Gasteiger partial charge is 0.172 e. The van der Waals surface area contributed by atoms with Crippen LogP contribution in [-0.2, 0) is 11.4 Å². The summed E-state index contributed by atoms with van der Waals surface area (Å²) in [5.74, 6) is 0.477. The number of ketones is 1. The summed E-state index contributed by atoms with van der Waals surface area (Å²) < 4.78 is 6.48. The van der Waals surface area contributed by atoms with E-state index in [2.05, 4.69) is 15.9 Å². The SMILES string of the molecule is CC(=O)C(C)(C)Oc1ccc(Br)cc1CO. The summed E-state index contributed by atoms with van der Waals surface area (Å²) >= 11 is 3.31. The number of carbonyl (C=O) groups is 1. The lowest BCUT2D eigenvalue weighted by molar-refractivity contribution is -0.129. The van der Waals surface area contributed by atoms with Crippen molar-refractivity contribution in [2.24, 2.45) is 0 Å². The molecule has 4 heteroatoms. The maximum Gasteiger partial charge on any atom is 0.172 e. The molecule has 0 saturated heterocycles. The van der Waals surface area contributed by atoms with Gasteiger partial charge in [0, 0.05) is 10.0 Å². The van der Waals surface area contributed by atoms with Crippen molar-refractivity contribution in [3.63, 3.8) is 0 Å². The van der Waals surface area contributed by atoms with Crippen molar-refractivity contribution in [1.29, 1.82) is 0 Å². The topological polar surface area (TPSA) is 46.5 Å². The summed E-state index contributed by atoms with van der Waals surface area (Å²) in [4.78, 5) is 11.3. The number of aliphatic hydroxyl groups is 1. The molecule has 88 valence electrons. The highest BCUT2D eigenvalue weighted by Crippen LogP contribution is 2.27. The Morgan fingerprint density at radius 2 is 2.12 bits per heavy atom. The molecule has 0 spiro atoms. The van der Waals surface area contributed by atoms with Crippen LogP contribution in [-0.4, -0.2) is 16.5 Å². The molecule has 0 saturated carbocycles. The first-order valence-corrected chi connectivity index (χ1v) is 5.75. The average Bonchev–Trinajstić information content (AvgIpc) is 2.20. The van der Waals surface area contributed by atoms with Crippen molar-refractivity contribution >= 4 is 21.7 Å². The molecule has 0 amide bonds. The lowest BCUT2D eigenvalue weighted by atomic mass is 10.0. The van der Waals surface area contributed by atoms with Gasteiger partial charge in [-0.2, -0.15) is 0 Å². The minimum atomic E-state index is -0.877. The summed E-state index contributed by atoms with van der Waals surface area (Å²) in [6.07, 6.45) is 0. The molecule has 0 fully saturated rings. The molecular formula is C12H15BrO3. The number of hydrogen-bond acceptors (Lipinski definition) is 3. The van der Waals surface area contributed by atoms with Gasteiger partial charge in [-0.05, 0) is 39.0 Å². The second kappa shape index (κ2) is 4.97. The van der Waals surface area contributed by atoms with Gasteiger partial charge in [0.05, 0.1) is 6.61 Å². The maximum absolute atomic E-state index is 11.3. The molecule has 0 radical (unpaired) electrons. The zero-order chi connectivity index (χ0) is 12.3. The molecular weight excluding hydrogens is 272 g/mol. The van der Waals surface area contributed by atoms with E-state index < -0.39 is 5.60 Å². The molecule has 0 aliphatic carbocycles. The highest BCUT2D eigenvalue weighted by Gasteiger charge is 2.26. The summed E-state index contributed by atoms with van der Waals surface area (Å²) in [6.45, 7) is 4.78. The first-order valence-electron chi connectivity index (χ1n) is 4.96. The van der Waals surface area contributed by atoms with Gasteiger partial charge in [-0.3, -0.25) is 4.79 Å². The molecule has 0 aromatic heterocycles. The zero-order valence-electron chi connectivity index (χ0n) is 9.58. The molecule has 1 N–H and O–H groups in total. The molecule has 1 aromatic carbocycles. The second-order valence-corrected chi connectivity index (χ2v) is 4.99. The van der Waals surface area contributed by atoms with Crippen LogP contribution < -0.4 is 4.74 Å². The number of ether oxygens (including phenoxy) is 1. The first kappa shape index (κ1) is 13.2. The maximum atomic E-state index is 11.3. The van der Waals surface area contributed by atoms with Crippen molar-refractivity contribution < 1.29 is 14.6 Å². The Balaban J connectivity index is 3.01. The van der Waals surface area contributed by atoms with E-state index in [-0.39, 0.29) is 12.4 Å². The Labute approximate surface area is 104 Å². The highest BCUT2D eigenvalue weighted by atomic mass is 79.9. The highest BCUT2D eigenvalue weighted by molar-refractivity contribution is 9.10. The molecule has 0 atom stereocenters. The van der Waals surface area contributed by atoms with Gasteiger partial charge in [0.15, 0.2) is 11.4 Å². The van der Waals surface area contributed by atoms with E-state index in [4.69, 9.17) is 4.74 Å². The van der Waals surface area contributed by atoms with Crippen LogP contribution in [0.5, 0.6) is 5.75 Å². The average molecular weight is 287 g/mol. The molecule has 1 rings (SSSR count). The van der Waals surface area contributed by atoms with Crippen LogP contribution in [0, 0.1) is 0 Å². The lowest BCUT2D eigenvalue weighted by Gasteiger charge is -2.24. The predicted molar refractivity (Wildman–Crippen MR) is 65.5 cm³/mol. The minimum Gasteiger partial charge on any atom is -0.480 e. The van der Waals surface area contributed by atoms with E-state index in [1.807, 2.05) is 6.07 Å². The third-order valence-electron chi connectivity index (χ3n) is 2.41. The molecule has 0 heterocycles.